The van der Waals surface area contributed by atoms with Crippen molar-refractivity contribution in [3.05, 3.63) is 23.9 Å². The predicted molar refractivity (Wildman–Crippen MR) is 71.6 cm³/mol. The van der Waals surface area contributed by atoms with Crippen molar-refractivity contribution in [1.82, 2.24) is 15.6 Å². The van der Waals surface area contributed by atoms with Gasteiger partial charge in [0, 0.05) is 30.9 Å². The minimum Gasteiger partial charge on any atom is -0.353 e. The van der Waals surface area contributed by atoms with Crippen LogP contribution in [0.2, 0.25) is 0 Å². The maximum absolute atomic E-state index is 11.5. The van der Waals surface area contributed by atoms with E-state index in [1.54, 1.807) is 6.20 Å². The maximum Gasteiger partial charge on any atom is 0.239 e. The zero-order valence-electron chi connectivity index (χ0n) is 10.9. The molecule has 0 bridgehead atoms. The van der Waals surface area contributed by atoms with Gasteiger partial charge >= 0.3 is 0 Å². The number of hydrogen-bond donors (Lipinski definition) is 2. The molecule has 5 nitrogen and oxygen atoms in total. The van der Waals surface area contributed by atoms with Crippen molar-refractivity contribution in [3.8, 4) is 0 Å². The molecule has 1 unspecified atom stereocenters. The molecule has 0 aliphatic carbocycles. The van der Waals surface area contributed by atoms with Gasteiger partial charge in [-0.1, -0.05) is 13.0 Å². The van der Waals surface area contributed by atoms with Gasteiger partial charge in [-0.3, -0.25) is 4.79 Å². The average molecular weight is 248 g/mol. The standard InChI is InChI=1S/C13H20N4O/c1-3-14-10(2)11-5-4-6-16-13(11)17-8-7-15-12(18)9-17/h4-6,10,14H,3,7-9H2,1-2H3,(H,15,18). The molecule has 0 saturated carbocycles. The molecule has 1 aromatic rings. The number of carbonyl (C=O) groups is 1. The highest BCUT2D eigenvalue weighted by atomic mass is 16.2. The Morgan fingerprint density at radius 3 is 3.17 bits per heavy atom. The summed E-state index contributed by atoms with van der Waals surface area (Å²) in [6.45, 7) is 7.01. The van der Waals surface area contributed by atoms with Crippen molar-refractivity contribution >= 4 is 11.7 Å². The van der Waals surface area contributed by atoms with Crippen LogP contribution >= 0.6 is 0 Å². The number of nitrogens with zero attached hydrogens (tertiary/aromatic N) is 2. The molecule has 1 aromatic heterocycles. The molecule has 18 heavy (non-hydrogen) atoms. The molecule has 0 spiro atoms. The largest absolute Gasteiger partial charge is 0.353 e. The van der Waals surface area contributed by atoms with Crippen molar-refractivity contribution in [2.24, 2.45) is 0 Å². The Hall–Kier alpha value is -1.62. The normalized spacial score (nSPS) is 17.4. The van der Waals surface area contributed by atoms with Crippen LogP contribution in [0.5, 0.6) is 0 Å². The van der Waals surface area contributed by atoms with E-state index in [1.165, 1.54) is 0 Å². The van der Waals surface area contributed by atoms with Crippen LogP contribution in [0.15, 0.2) is 18.3 Å². The number of piperazine rings is 1. The number of nitrogens with one attached hydrogen (secondary N) is 2. The van der Waals surface area contributed by atoms with Gasteiger partial charge in [0.1, 0.15) is 5.82 Å². The lowest BCUT2D eigenvalue weighted by Gasteiger charge is -2.30. The van der Waals surface area contributed by atoms with E-state index in [0.717, 1.165) is 24.5 Å². The fourth-order valence-electron chi connectivity index (χ4n) is 2.25. The Labute approximate surface area is 108 Å². The van der Waals surface area contributed by atoms with Gasteiger partial charge in [0.2, 0.25) is 5.91 Å². The van der Waals surface area contributed by atoms with E-state index in [4.69, 9.17) is 0 Å². The lowest BCUT2D eigenvalue weighted by Crippen LogP contribution is -2.48. The molecule has 1 aliphatic rings. The Kier molecular flexibility index (Phi) is 4.15. The summed E-state index contributed by atoms with van der Waals surface area (Å²) in [4.78, 5) is 17.9. The first-order chi connectivity index (χ1) is 8.72. The quantitative estimate of drug-likeness (QED) is 0.823. The molecule has 2 N–H and O–H groups in total. The highest BCUT2D eigenvalue weighted by Crippen LogP contribution is 2.23. The molecule has 1 aliphatic heterocycles. The van der Waals surface area contributed by atoms with Crippen molar-refractivity contribution < 1.29 is 4.79 Å². The summed E-state index contributed by atoms with van der Waals surface area (Å²) in [6, 6.07) is 4.25. The minimum atomic E-state index is 0.0638. The summed E-state index contributed by atoms with van der Waals surface area (Å²) in [5.41, 5.74) is 1.15. The molecule has 2 heterocycles. The van der Waals surface area contributed by atoms with E-state index >= 15 is 0 Å². The Balaban J connectivity index is 2.23. The van der Waals surface area contributed by atoms with Crippen LogP contribution in [0, 0.1) is 0 Å². The lowest BCUT2D eigenvalue weighted by atomic mass is 10.1. The van der Waals surface area contributed by atoms with Crippen LogP contribution in [0.3, 0.4) is 0 Å². The minimum absolute atomic E-state index is 0.0638. The second kappa shape index (κ2) is 5.82. The van der Waals surface area contributed by atoms with E-state index < -0.39 is 0 Å². The van der Waals surface area contributed by atoms with E-state index in [9.17, 15) is 4.79 Å². The molecule has 1 atom stereocenters. The van der Waals surface area contributed by atoms with Crippen LogP contribution in [0.25, 0.3) is 0 Å². The average Bonchev–Trinajstić information content (AvgIpc) is 2.39. The fourth-order valence-corrected chi connectivity index (χ4v) is 2.25. The second-order valence-corrected chi connectivity index (χ2v) is 4.47. The van der Waals surface area contributed by atoms with Gasteiger partial charge < -0.3 is 15.5 Å². The molecule has 2 rings (SSSR count). The van der Waals surface area contributed by atoms with Gasteiger partial charge in [-0.15, -0.1) is 0 Å². The summed E-state index contributed by atoms with van der Waals surface area (Å²) in [7, 11) is 0. The van der Waals surface area contributed by atoms with Crippen LogP contribution < -0.4 is 15.5 Å². The number of aromatic nitrogens is 1. The first-order valence-corrected chi connectivity index (χ1v) is 6.42. The first-order valence-electron chi connectivity index (χ1n) is 6.42. The molecule has 1 fully saturated rings. The zero-order chi connectivity index (χ0) is 13.0. The number of rotatable bonds is 4. The fraction of sp³-hybridized carbons (Fsp3) is 0.538. The smallest absolute Gasteiger partial charge is 0.239 e. The molecule has 0 radical (unpaired) electrons. The molecule has 98 valence electrons. The van der Waals surface area contributed by atoms with Gasteiger partial charge in [0.15, 0.2) is 0 Å². The van der Waals surface area contributed by atoms with Gasteiger partial charge in [-0.25, -0.2) is 4.98 Å². The van der Waals surface area contributed by atoms with Crippen LogP contribution in [-0.2, 0) is 4.79 Å². The third-order valence-corrected chi connectivity index (χ3v) is 3.13. The number of pyridine rings is 1. The third-order valence-electron chi connectivity index (χ3n) is 3.13. The Morgan fingerprint density at radius 2 is 2.44 bits per heavy atom. The van der Waals surface area contributed by atoms with Crippen molar-refractivity contribution in [1.29, 1.82) is 0 Å². The predicted octanol–water partition coefficient (Wildman–Crippen LogP) is 0.688. The van der Waals surface area contributed by atoms with E-state index in [2.05, 4.69) is 35.5 Å². The van der Waals surface area contributed by atoms with Crippen LogP contribution in [-0.4, -0.2) is 37.1 Å². The van der Waals surface area contributed by atoms with Crippen LogP contribution in [0.1, 0.15) is 25.5 Å². The van der Waals surface area contributed by atoms with Gasteiger partial charge in [0.25, 0.3) is 0 Å². The molecule has 5 heteroatoms. The van der Waals surface area contributed by atoms with Gasteiger partial charge in [-0.05, 0) is 19.5 Å². The lowest BCUT2D eigenvalue weighted by molar-refractivity contribution is -0.120. The summed E-state index contributed by atoms with van der Waals surface area (Å²) in [5, 5.41) is 6.22. The third kappa shape index (κ3) is 2.79. The monoisotopic (exact) mass is 248 g/mol. The summed E-state index contributed by atoms with van der Waals surface area (Å²) in [6.07, 6.45) is 1.78. The Morgan fingerprint density at radius 1 is 1.61 bits per heavy atom. The first kappa shape index (κ1) is 12.8. The number of amides is 1. The number of anilines is 1. The molecule has 0 aromatic carbocycles. The number of hydrogen-bond acceptors (Lipinski definition) is 4. The molecular formula is C13H20N4O. The summed E-state index contributed by atoms with van der Waals surface area (Å²) >= 11 is 0. The molecular weight excluding hydrogens is 228 g/mol. The highest BCUT2D eigenvalue weighted by Gasteiger charge is 2.21. The molecule has 1 saturated heterocycles. The van der Waals surface area contributed by atoms with Crippen molar-refractivity contribution in [2.75, 3.05) is 31.1 Å². The zero-order valence-corrected chi connectivity index (χ0v) is 10.9. The van der Waals surface area contributed by atoms with E-state index in [1.807, 2.05) is 11.0 Å². The maximum atomic E-state index is 11.5. The highest BCUT2D eigenvalue weighted by molar-refractivity contribution is 5.82. The summed E-state index contributed by atoms with van der Waals surface area (Å²) < 4.78 is 0. The van der Waals surface area contributed by atoms with Crippen molar-refractivity contribution in [2.45, 2.75) is 19.9 Å². The second-order valence-electron chi connectivity index (χ2n) is 4.47. The topological polar surface area (TPSA) is 57.3 Å². The summed E-state index contributed by atoms with van der Waals surface area (Å²) in [5.74, 6) is 0.981. The van der Waals surface area contributed by atoms with E-state index in [0.29, 0.717) is 13.1 Å². The molecule has 1 amide bonds. The SMILES string of the molecule is CCNC(C)c1cccnc1N1CCNC(=O)C1. The Bertz CT molecular complexity index is 421. The van der Waals surface area contributed by atoms with Gasteiger partial charge in [-0.2, -0.15) is 0 Å². The van der Waals surface area contributed by atoms with Crippen LogP contribution in [0.4, 0.5) is 5.82 Å². The number of carbonyl (C=O) groups excluding carboxylic acids is 1. The van der Waals surface area contributed by atoms with Crippen molar-refractivity contribution in [3.63, 3.8) is 0 Å². The van der Waals surface area contributed by atoms with E-state index in [-0.39, 0.29) is 11.9 Å². The van der Waals surface area contributed by atoms with Gasteiger partial charge in [0.05, 0.1) is 6.54 Å².